The van der Waals surface area contributed by atoms with Crippen LogP contribution in [0.4, 0.5) is 0 Å². The maximum atomic E-state index is 10.7. The second-order valence-electron chi connectivity index (χ2n) is 1.85. The Morgan fingerprint density at radius 1 is 1.55 bits per heavy atom. The molecule has 0 spiro atoms. The molecule has 11 heavy (non-hydrogen) atoms. The van der Waals surface area contributed by atoms with E-state index in [0.29, 0.717) is 0 Å². The molecule has 1 unspecified atom stereocenters. The van der Waals surface area contributed by atoms with Gasteiger partial charge < -0.3 is 10.8 Å². The highest BCUT2D eigenvalue weighted by molar-refractivity contribution is 5.75. The Bertz CT molecular complexity index is 433. The van der Waals surface area contributed by atoms with Crippen molar-refractivity contribution in [1.82, 2.24) is 0 Å². The van der Waals surface area contributed by atoms with Crippen molar-refractivity contribution in [2.75, 3.05) is 0 Å². The van der Waals surface area contributed by atoms with Gasteiger partial charge in [-0.3, -0.25) is 4.79 Å². The van der Waals surface area contributed by atoms with Crippen LogP contribution in [0.25, 0.3) is 0 Å². The fourth-order valence-electron chi connectivity index (χ4n) is 0.539. The molecule has 3 nitrogen and oxygen atoms in total. The fraction of sp³-hybridized carbons (Fsp3) is 0.125. The van der Waals surface area contributed by atoms with E-state index >= 15 is 0 Å². The highest BCUT2D eigenvalue weighted by Crippen LogP contribution is 2.08. The lowest BCUT2D eigenvalue weighted by Gasteiger charge is -2.04. The molecule has 0 amide bonds. The highest BCUT2D eigenvalue weighted by atomic mass is 16.4. The monoisotopic (exact) mass is 156 g/mol. The number of rotatable bonds is 2. The molecule has 0 aliphatic rings. The quantitative estimate of drug-likeness (QED) is 0.664. The predicted molar refractivity (Wildman–Crippen MR) is 41.0 cm³/mol. The number of carbonyl (C=O) groups is 1. The SMILES string of the molecule is [2H]c1c([2H])c([2H])c(C(N)C(=O)O)c([2H])c1[2H]. The van der Waals surface area contributed by atoms with Crippen molar-refractivity contribution >= 4 is 5.97 Å². The Morgan fingerprint density at radius 3 is 2.55 bits per heavy atom. The summed E-state index contributed by atoms with van der Waals surface area (Å²) in [6.07, 6.45) is 0. The first-order valence-corrected chi connectivity index (χ1v) is 2.84. The van der Waals surface area contributed by atoms with E-state index in [4.69, 9.17) is 17.7 Å². The molecule has 0 bridgehead atoms. The molecule has 0 fully saturated rings. The lowest BCUT2D eigenvalue weighted by atomic mass is 10.1. The number of hydrogen-bond acceptors (Lipinski definition) is 2. The minimum Gasteiger partial charge on any atom is -0.480 e. The molecule has 0 aliphatic carbocycles. The third kappa shape index (κ3) is 1.78. The van der Waals surface area contributed by atoms with Gasteiger partial charge in [-0.25, -0.2) is 0 Å². The van der Waals surface area contributed by atoms with Gasteiger partial charge in [0.15, 0.2) is 0 Å². The van der Waals surface area contributed by atoms with Crippen LogP contribution in [-0.2, 0) is 4.79 Å². The summed E-state index contributed by atoms with van der Waals surface area (Å²) in [6, 6.07) is -4.55. The van der Waals surface area contributed by atoms with Crippen LogP contribution in [0.5, 0.6) is 0 Å². The Balaban J connectivity index is 3.57. The van der Waals surface area contributed by atoms with Gasteiger partial charge in [0, 0.05) is 0 Å². The zero-order valence-corrected chi connectivity index (χ0v) is 5.51. The van der Waals surface area contributed by atoms with Crippen molar-refractivity contribution in [3.63, 3.8) is 0 Å². The molecule has 1 aromatic carbocycles. The van der Waals surface area contributed by atoms with E-state index in [1.807, 2.05) is 0 Å². The molecule has 1 aromatic rings. The largest absolute Gasteiger partial charge is 0.480 e. The van der Waals surface area contributed by atoms with Crippen molar-refractivity contribution in [2.45, 2.75) is 6.04 Å². The lowest BCUT2D eigenvalue weighted by Crippen LogP contribution is -2.20. The van der Waals surface area contributed by atoms with E-state index in [2.05, 4.69) is 0 Å². The zero-order valence-electron chi connectivity index (χ0n) is 10.5. The van der Waals surface area contributed by atoms with E-state index in [1.54, 1.807) is 0 Å². The minimum atomic E-state index is -1.63. The number of carboxylic acids is 1. The molecule has 0 heterocycles. The number of benzene rings is 1. The van der Waals surface area contributed by atoms with Crippen molar-refractivity contribution in [3.8, 4) is 0 Å². The van der Waals surface area contributed by atoms with Gasteiger partial charge in [-0.1, -0.05) is 30.2 Å². The molecular formula is C8H9NO2. The third-order valence-electron chi connectivity index (χ3n) is 1.10. The summed E-state index contributed by atoms with van der Waals surface area (Å²) in [5.41, 5.74) is 4.86. The second-order valence-corrected chi connectivity index (χ2v) is 1.85. The maximum absolute atomic E-state index is 10.7. The van der Waals surface area contributed by atoms with E-state index in [-0.39, 0.29) is 0 Å². The molecule has 0 radical (unpaired) electrons. The van der Waals surface area contributed by atoms with Crippen LogP contribution in [-0.4, -0.2) is 11.1 Å². The topological polar surface area (TPSA) is 63.3 Å². The standard InChI is InChI=1S/C8H9NO2/c9-7(8(10)11)6-4-2-1-3-5-6/h1-5,7H,9H2,(H,10,11)/i1D,2D,3D,4D,5D. The van der Waals surface area contributed by atoms with Crippen LogP contribution in [0.3, 0.4) is 0 Å². The van der Waals surface area contributed by atoms with E-state index in [0.717, 1.165) is 0 Å². The zero-order chi connectivity index (χ0) is 12.6. The summed E-state index contributed by atoms with van der Waals surface area (Å²) >= 11 is 0. The first-order chi connectivity index (χ1) is 7.29. The predicted octanol–water partition coefficient (Wildman–Crippen LogP) is 0.771. The Kier molecular flexibility index (Phi) is 0.967. The minimum absolute atomic E-state index is 0.404. The van der Waals surface area contributed by atoms with E-state index < -0.39 is 47.8 Å². The number of carboxylic acid groups (broad SMARTS) is 1. The highest BCUT2D eigenvalue weighted by Gasteiger charge is 2.12. The summed E-state index contributed by atoms with van der Waals surface area (Å²) < 4.78 is 36.8. The molecule has 0 saturated carbocycles. The van der Waals surface area contributed by atoms with E-state index in [9.17, 15) is 4.79 Å². The third-order valence-corrected chi connectivity index (χ3v) is 1.10. The van der Waals surface area contributed by atoms with Gasteiger partial charge in [-0.05, 0) is 5.56 Å². The molecule has 0 saturated heterocycles. The van der Waals surface area contributed by atoms with Crippen molar-refractivity contribution in [1.29, 1.82) is 0 Å². The Morgan fingerprint density at radius 2 is 2.09 bits per heavy atom. The average Bonchev–Trinajstić information content (AvgIpc) is 2.23. The van der Waals surface area contributed by atoms with Crippen LogP contribution in [0.2, 0.25) is 0 Å². The van der Waals surface area contributed by atoms with Crippen LogP contribution in [0, 0.1) is 0 Å². The van der Waals surface area contributed by atoms with E-state index in [1.165, 1.54) is 0 Å². The average molecular weight is 156 g/mol. The Labute approximate surface area is 71.5 Å². The van der Waals surface area contributed by atoms with Gasteiger partial charge >= 0.3 is 5.97 Å². The maximum Gasteiger partial charge on any atom is 0.325 e. The molecule has 58 valence electrons. The molecule has 1 atom stereocenters. The second kappa shape index (κ2) is 3.16. The summed E-state index contributed by atoms with van der Waals surface area (Å²) in [5.74, 6) is -1.45. The van der Waals surface area contributed by atoms with Crippen LogP contribution in [0.1, 0.15) is 18.5 Å². The van der Waals surface area contributed by atoms with Gasteiger partial charge in [0.1, 0.15) is 6.04 Å². The molecule has 3 N–H and O–H groups in total. The van der Waals surface area contributed by atoms with Gasteiger partial charge in [0.05, 0.1) is 6.85 Å². The smallest absolute Gasteiger partial charge is 0.325 e. The lowest BCUT2D eigenvalue weighted by molar-refractivity contribution is -0.138. The number of hydrogen-bond donors (Lipinski definition) is 2. The summed E-state index contributed by atoms with van der Waals surface area (Å²) in [4.78, 5) is 10.7. The normalized spacial score (nSPS) is 18.8. The number of nitrogens with two attached hydrogens (primary N) is 1. The molecule has 1 rings (SSSR count). The molecule has 0 aromatic heterocycles. The first kappa shape index (κ1) is 3.36. The van der Waals surface area contributed by atoms with Gasteiger partial charge in [-0.15, -0.1) is 0 Å². The van der Waals surface area contributed by atoms with Gasteiger partial charge in [-0.2, -0.15) is 0 Å². The van der Waals surface area contributed by atoms with Gasteiger partial charge in [0.2, 0.25) is 0 Å². The Hall–Kier alpha value is -1.35. The first-order valence-electron chi connectivity index (χ1n) is 5.34. The summed E-state index contributed by atoms with van der Waals surface area (Å²) in [5, 5.41) is 8.67. The molecule has 3 heteroatoms. The van der Waals surface area contributed by atoms with Crippen molar-refractivity contribution in [2.24, 2.45) is 5.73 Å². The fourth-order valence-corrected chi connectivity index (χ4v) is 0.539. The summed E-state index contributed by atoms with van der Waals surface area (Å²) in [7, 11) is 0. The number of aliphatic carboxylic acids is 1. The summed E-state index contributed by atoms with van der Waals surface area (Å²) in [6.45, 7) is 0. The van der Waals surface area contributed by atoms with Crippen molar-refractivity contribution in [3.05, 3.63) is 35.8 Å². The van der Waals surface area contributed by atoms with Crippen molar-refractivity contribution < 1.29 is 16.8 Å². The van der Waals surface area contributed by atoms with Gasteiger partial charge in [0.25, 0.3) is 0 Å². The van der Waals surface area contributed by atoms with Crippen LogP contribution in [0.15, 0.2) is 30.2 Å². The van der Waals surface area contributed by atoms with Crippen LogP contribution < -0.4 is 5.73 Å². The molecule has 0 aliphatic heterocycles. The molecular weight excluding hydrogens is 142 g/mol. The van der Waals surface area contributed by atoms with Crippen LogP contribution >= 0.6 is 0 Å².